The number of aromatic nitrogens is 2. The number of piperidine rings is 1. The molecular weight excluding hydrogens is 304 g/mol. The first-order valence-electron chi connectivity index (χ1n) is 8.42. The smallest absolute Gasteiger partial charge is 0.234 e. The molecule has 0 saturated carbocycles. The zero-order valence-corrected chi connectivity index (χ0v) is 13.8. The number of β-amino-alcohol motifs (C(OH)–C–C–N with tert-alkyl or cyclic N) is 1. The average molecular weight is 328 g/mol. The van der Waals surface area contributed by atoms with Crippen LogP contribution in [0.15, 0.2) is 42.7 Å². The van der Waals surface area contributed by atoms with Crippen LogP contribution >= 0.6 is 0 Å². The van der Waals surface area contributed by atoms with E-state index in [1.807, 2.05) is 40.0 Å². The van der Waals surface area contributed by atoms with Crippen LogP contribution < -0.4 is 5.32 Å². The number of carbonyl (C=O) groups excluding carboxylic acids is 1. The summed E-state index contributed by atoms with van der Waals surface area (Å²) in [6.45, 7) is 3.01. The topological polar surface area (TPSA) is 70.4 Å². The van der Waals surface area contributed by atoms with Gasteiger partial charge in [0.25, 0.3) is 0 Å². The Hall–Kier alpha value is -2.18. The summed E-state index contributed by atoms with van der Waals surface area (Å²) < 4.78 is 1.87. The molecule has 1 aromatic carbocycles. The number of nitrogens with one attached hydrogen (secondary N) is 1. The minimum atomic E-state index is -0.304. The number of hydrogen-bond acceptors (Lipinski definition) is 4. The molecule has 1 aliphatic rings. The van der Waals surface area contributed by atoms with Crippen LogP contribution in [0.5, 0.6) is 0 Å². The summed E-state index contributed by atoms with van der Waals surface area (Å²) in [5.41, 5.74) is 2.25. The molecule has 0 spiro atoms. The summed E-state index contributed by atoms with van der Waals surface area (Å²) >= 11 is 0. The summed E-state index contributed by atoms with van der Waals surface area (Å²) in [7, 11) is 0. The fourth-order valence-electron chi connectivity index (χ4n) is 3.08. The van der Waals surface area contributed by atoms with Crippen molar-refractivity contribution in [1.82, 2.24) is 20.0 Å². The standard InChI is InChI=1S/C18H24N4O2/c23-17-7-3-9-21(13-17)14-18(24)19-11-15-5-1-2-6-16(15)12-22-10-4-8-20-22/h1-2,4-6,8,10,17,23H,3,7,9,11-14H2,(H,19,24). The maximum atomic E-state index is 12.2. The molecule has 2 N–H and O–H groups in total. The second-order valence-electron chi connectivity index (χ2n) is 6.28. The third-order valence-electron chi connectivity index (χ3n) is 4.33. The predicted octanol–water partition coefficient (Wildman–Crippen LogP) is 1.00. The van der Waals surface area contributed by atoms with E-state index < -0.39 is 0 Å². The monoisotopic (exact) mass is 328 g/mol. The Balaban J connectivity index is 1.53. The van der Waals surface area contributed by atoms with Crippen molar-refractivity contribution in [1.29, 1.82) is 0 Å². The molecule has 6 heteroatoms. The van der Waals surface area contributed by atoms with Gasteiger partial charge in [0.2, 0.25) is 5.91 Å². The van der Waals surface area contributed by atoms with Crippen LogP contribution in [0.2, 0.25) is 0 Å². The van der Waals surface area contributed by atoms with E-state index in [1.165, 1.54) is 0 Å². The minimum Gasteiger partial charge on any atom is -0.392 e. The Morgan fingerprint density at radius 1 is 1.29 bits per heavy atom. The number of aliphatic hydroxyl groups excluding tert-OH is 1. The molecule has 1 aliphatic heterocycles. The molecule has 1 amide bonds. The van der Waals surface area contributed by atoms with Gasteiger partial charge in [-0.3, -0.25) is 14.4 Å². The number of carbonyl (C=O) groups is 1. The number of benzene rings is 1. The van der Waals surface area contributed by atoms with Crippen molar-refractivity contribution in [2.24, 2.45) is 0 Å². The lowest BCUT2D eigenvalue weighted by atomic mass is 10.1. The van der Waals surface area contributed by atoms with Crippen LogP contribution in [-0.4, -0.2) is 51.4 Å². The molecule has 6 nitrogen and oxygen atoms in total. The van der Waals surface area contributed by atoms with Crippen molar-refractivity contribution in [3.05, 3.63) is 53.9 Å². The van der Waals surface area contributed by atoms with E-state index in [2.05, 4.69) is 16.5 Å². The molecule has 2 aromatic rings. The molecular formula is C18H24N4O2. The van der Waals surface area contributed by atoms with Crippen LogP contribution in [0, 0.1) is 0 Å². The third kappa shape index (κ3) is 4.66. The lowest BCUT2D eigenvalue weighted by molar-refractivity contribution is -0.123. The van der Waals surface area contributed by atoms with Gasteiger partial charge in [0, 0.05) is 25.5 Å². The molecule has 3 rings (SSSR count). The normalized spacial score (nSPS) is 18.5. The van der Waals surface area contributed by atoms with Gasteiger partial charge in [0.15, 0.2) is 0 Å². The summed E-state index contributed by atoms with van der Waals surface area (Å²) in [6, 6.07) is 9.97. The lowest BCUT2D eigenvalue weighted by Crippen LogP contribution is -2.44. The maximum Gasteiger partial charge on any atom is 0.234 e. The SMILES string of the molecule is O=C(CN1CCCC(O)C1)NCc1ccccc1Cn1cccn1. The van der Waals surface area contributed by atoms with Gasteiger partial charge in [-0.1, -0.05) is 24.3 Å². The van der Waals surface area contributed by atoms with E-state index >= 15 is 0 Å². The Morgan fingerprint density at radius 3 is 2.88 bits per heavy atom. The zero-order valence-electron chi connectivity index (χ0n) is 13.8. The Kier molecular flexibility index (Phi) is 5.61. The van der Waals surface area contributed by atoms with Crippen molar-refractivity contribution >= 4 is 5.91 Å². The second kappa shape index (κ2) is 8.08. The van der Waals surface area contributed by atoms with Gasteiger partial charge in [-0.15, -0.1) is 0 Å². The van der Waals surface area contributed by atoms with E-state index in [-0.39, 0.29) is 12.0 Å². The number of aliphatic hydroxyl groups is 1. The lowest BCUT2D eigenvalue weighted by Gasteiger charge is -2.29. The van der Waals surface area contributed by atoms with Crippen molar-refractivity contribution in [3.8, 4) is 0 Å². The fourth-order valence-corrected chi connectivity index (χ4v) is 3.08. The van der Waals surface area contributed by atoms with Crippen molar-refractivity contribution < 1.29 is 9.90 Å². The van der Waals surface area contributed by atoms with Crippen LogP contribution in [0.25, 0.3) is 0 Å². The molecule has 0 bridgehead atoms. The number of nitrogens with zero attached hydrogens (tertiary/aromatic N) is 3. The summed E-state index contributed by atoms with van der Waals surface area (Å²) in [6.07, 6.45) is 5.16. The molecule has 1 atom stereocenters. The summed E-state index contributed by atoms with van der Waals surface area (Å²) in [5, 5.41) is 16.9. The van der Waals surface area contributed by atoms with Crippen LogP contribution in [0.3, 0.4) is 0 Å². The molecule has 128 valence electrons. The van der Waals surface area contributed by atoms with Gasteiger partial charge >= 0.3 is 0 Å². The highest BCUT2D eigenvalue weighted by Crippen LogP contribution is 2.11. The van der Waals surface area contributed by atoms with E-state index in [1.54, 1.807) is 6.20 Å². The predicted molar refractivity (Wildman–Crippen MR) is 91.3 cm³/mol. The highest BCUT2D eigenvalue weighted by atomic mass is 16.3. The largest absolute Gasteiger partial charge is 0.392 e. The van der Waals surface area contributed by atoms with Gasteiger partial charge in [0.1, 0.15) is 0 Å². The first kappa shape index (κ1) is 16.7. The Bertz CT molecular complexity index is 657. The van der Waals surface area contributed by atoms with Crippen molar-refractivity contribution in [3.63, 3.8) is 0 Å². The minimum absolute atomic E-state index is 0.00186. The van der Waals surface area contributed by atoms with E-state index in [0.29, 0.717) is 26.2 Å². The molecule has 0 radical (unpaired) electrons. The van der Waals surface area contributed by atoms with Crippen molar-refractivity contribution in [2.75, 3.05) is 19.6 Å². The first-order valence-corrected chi connectivity index (χ1v) is 8.42. The summed E-state index contributed by atoms with van der Waals surface area (Å²) in [5.74, 6) is -0.00186. The molecule has 0 aliphatic carbocycles. The highest BCUT2D eigenvalue weighted by molar-refractivity contribution is 5.78. The molecule has 2 heterocycles. The van der Waals surface area contributed by atoms with E-state index in [4.69, 9.17) is 0 Å². The van der Waals surface area contributed by atoms with E-state index in [0.717, 1.165) is 30.5 Å². The quantitative estimate of drug-likeness (QED) is 0.830. The Morgan fingerprint density at radius 2 is 2.12 bits per heavy atom. The second-order valence-corrected chi connectivity index (χ2v) is 6.28. The third-order valence-corrected chi connectivity index (χ3v) is 4.33. The molecule has 1 fully saturated rings. The van der Waals surface area contributed by atoms with Crippen molar-refractivity contribution in [2.45, 2.75) is 32.0 Å². The molecule has 24 heavy (non-hydrogen) atoms. The van der Waals surface area contributed by atoms with Crippen LogP contribution in [0.1, 0.15) is 24.0 Å². The number of rotatable bonds is 6. The highest BCUT2D eigenvalue weighted by Gasteiger charge is 2.19. The molecule has 1 unspecified atom stereocenters. The zero-order chi connectivity index (χ0) is 16.8. The average Bonchev–Trinajstić information content (AvgIpc) is 3.07. The Labute approximate surface area is 142 Å². The van der Waals surface area contributed by atoms with Crippen LogP contribution in [-0.2, 0) is 17.9 Å². The van der Waals surface area contributed by atoms with Gasteiger partial charge < -0.3 is 10.4 Å². The summed E-state index contributed by atoms with van der Waals surface area (Å²) in [4.78, 5) is 14.2. The van der Waals surface area contributed by atoms with Gasteiger partial charge in [-0.05, 0) is 36.6 Å². The van der Waals surface area contributed by atoms with Gasteiger partial charge in [-0.25, -0.2) is 0 Å². The molecule has 1 aromatic heterocycles. The number of hydrogen-bond donors (Lipinski definition) is 2. The van der Waals surface area contributed by atoms with Gasteiger partial charge in [-0.2, -0.15) is 5.10 Å². The van der Waals surface area contributed by atoms with Gasteiger partial charge in [0.05, 0.1) is 19.2 Å². The number of likely N-dealkylation sites (tertiary alicyclic amines) is 1. The first-order chi connectivity index (χ1) is 11.7. The van der Waals surface area contributed by atoms with E-state index in [9.17, 15) is 9.90 Å². The maximum absolute atomic E-state index is 12.2. The number of amides is 1. The fraction of sp³-hybridized carbons (Fsp3) is 0.444. The molecule has 1 saturated heterocycles. The van der Waals surface area contributed by atoms with Crippen LogP contribution in [0.4, 0.5) is 0 Å².